The minimum absolute atomic E-state index is 0.172. The van der Waals surface area contributed by atoms with E-state index in [0.29, 0.717) is 11.7 Å². The van der Waals surface area contributed by atoms with Crippen molar-refractivity contribution in [2.45, 2.75) is 42.9 Å². The molecule has 1 fully saturated rings. The summed E-state index contributed by atoms with van der Waals surface area (Å²) in [6.07, 6.45) is 6.05. The molecule has 6 nitrogen and oxygen atoms in total. The van der Waals surface area contributed by atoms with Gasteiger partial charge in [0.15, 0.2) is 0 Å². The van der Waals surface area contributed by atoms with Gasteiger partial charge >= 0.3 is 0 Å². The van der Waals surface area contributed by atoms with Gasteiger partial charge in [0, 0.05) is 7.05 Å². The molecular weight excluding hydrogens is 376 g/mol. The monoisotopic (exact) mass is 402 g/mol. The summed E-state index contributed by atoms with van der Waals surface area (Å²) in [6, 6.07) is 11.7. The second-order valence-corrected chi connectivity index (χ2v) is 8.68. The predicted molar refractivity (Wildman–Crippen MR) is 109 cm³/mol. The molecule has 2 aromatic carbocycles. The first-order valence-corrected chi connectivity index (χ1v) is 11.0. The molecule has 0 aromatic heterocycles. The first-order valence-electron chi connectivity index (χ1n) is 9.47. The molecule has 2 aromatic rings. The van der Waals surface area contributed by atoms with Crippen LogP contribution in [-0.4, -0.2) is 28.5 Å². The Morgan fingerprint density at radius 3 is 2.32 bits per heavy atom. The summed E-state index contributed by atoms with van der Waals surface area (Å²) < 4.78 is 33.3. The second-order valence-electron chi connectivity index (χ2n) is 7.00. The Bertz CT molecular complexity index is 933. The van der Waals surface area contributed by atoms with Crippen molar-refractivity contribution in [3.8, 4) is 5.75 Å². The van der Waals surface area contributed by atoms with Crippen LogP contribution in [0.15, 0.2) is 47.4 Å². The molecule has 3 rings (SSSR count). The Labute approximate surface area is 166 Å². The number of amides is 1. The highest BCUT2D eigenvalue weighted by molar-refractivity contribution is 7.92. The highest BCUT2D eigenvalue weighted by Crippen LogP contribution is 2.33. The lowest BCUT2D eigenvalue weighted by Gasteiger charge is -2.22. The minimum atomic E-state index is -3.82. The Balaban J connectivity index is 1.84. The summed E-state index contributed by atoms with van der Waals surface area (Å²) >= 11 is 0. The molecule has 28 heavy (non-hydrogen) atoms. The number of hydrogen-bond donors (Lipinski definition) is 2. The van der Waals surface area contributed by atoms with E-state index >= 15 is 0 Å². The summed E-state index contributed by atoms with van der Waals surface area (Å²) in [6.45, 7) is 0. The highest BCUT2D eigenvalue weighted by atomic mass is 32.2. The molecule has 1 saturated carbocycles. The van der Waals surface area contributed by atoms with Crippen LogP contribution in [-0.2, 0) is 10.0 Å². The molecule has 0 atom stereocenters. The van der Waals surface area contributed by atoms with Crippen LogP contribution in [0.1, 0.15) is 53.9 Å². The zero-order valence-electron chi connectivity index (χ0n) is 16.2. The van der Waals surface area contributed by atoms with Gasteiger partial charge in [-0.1, -0.05) is 31.4 Å². The van der Waals surface area contributed by atoms with Crippen LogP contribution in [0.5, 0.6) is 5.75 Å². The lowest BCUT2D eigenvalue weighted by atomic mass is 9.84. The molecule has 0 bridgehead atoms. The molecule has 0 heterocycles. The van der Waals surface area contributed by atoms with Gasteiger partial charge in [0.1, 0.15) is 5.75 Å². The average molecular weight is 403 g/mol. The molecule has 7 heteroatoms. The van der Waals surface area contributed by atoms with Crippen LogP contribution in [0, 0.1) is 0 Å². The van der Waals surface area contributed by atoms with Gasteiger partial charge in [-0.3, -0.25) is 9.52 Å². The van der Waals surface area contributed by atoms with Crippen molar-refractivity contribution in [3.63, 3.8) is 0 Å². The smallest absolute Gasteiger partial charge is 0.261 e. The molecule has 0 saturated heterocycles. The number of carbonyl (C=O) groups is 1. The average Bonchev–Trinajstić information content (AvgIpc) is 2.74. The van der Waals surface area contributed by atoms with Gasteiger partial charge in [0.25, 0.3) is 15.9 Å². The Hall–Kier alpha value is -2.54. The van der Waals surface area contributed by atoms with E-state index in [2.05, 4.69) is 10.0 Å². The summed E-state index contributed by atoms with van der Waals surface area (Å²) in [7, 11) is -0.839. The van der Waals surface area contributed by atoms with Crippen molar-refractivity contribution in [3.05, 3.63) is 53.6 Å². The Morgan fingerprint density at radius 1 is 1.04 bits per heavy atom. The molecular formula is C21H26N2O4S. The summed E-state index contributed by atoms with van der Waals surface area (Å²) in [5.74, 6) is 0.586. The van der Waals surface area contributed by atoms with E-state index in [1.165, 1.54) is 51.1 Å². The van der Waals surface area contributed by atoms with Gasteiger partial charge in [-0.05, 0) is 54.7 Å². The van der Waals surface area contributed by atoms with Crippen LogP contribution in [0.3, 0.4) is 0 Å². The van der Waals surface area contributed by atoms with Crippen molar-refractivity contribution >= 4 is 21.6 Å². The molecule has 2 N–H and O–H groups in total. The molecule has 1 aliphatic rings. The summed E-state index contributed by atoms with van der Waals surface area (Å²) in [5, 5.41) is 2.51. The predicted octanol–water partition coefficient (Wildman–Crippen LogP) is 3.90. The number of hydrogen-bond acceptors (Lipinski definition) is 4. The number of rotatable bonds is 6. The number of anilines is 1. The van der Waals surface area contributed by atoms with Gasteiger partial charge in [-0.15, -0.1) is 0 Å². The molecule has 0 spiro atoms. The highest BCUT2D eigenvalue weighted by Gasteiger charge is 2.21. The van der Waals surface area contributed by atoms with Crippen molar-refractivity contribution < 1.29 is 17.9 Å². The zero-order valence-corrected chi connectivity index (χ0v) is 17.0. The molecule has 150 valence electrons. The van der Waals surface area contributed by atoms with Crippen LogP contribution in [0.4, 0.5) is 5.69 Å². The number of sulfonamides is 1. The lowest BCUT2D eigenvalue weighted by Crippen LogP contribution is -2.22. The summed E-state index contributed by atoms with van der Waals surface area (Å²) in [5.41, 5.74) is 1.59. The molecule has 0 unspecified atom stereocenters. The van der Waals surface area contributed by atoms with E-state index in [1.54, 1.807) is 18.2 Å². The van der Waals surface area contributed by atoms with E-state index in [1.807, 2.05) is 12.1 Å². The number of carbonyl (C=O) groups excluding carboxylic acids is 1. The SMILES string of the molecule is CNC(=O)c1cc(OC)ccc1NS(=O)(=O)c1ccc(C2CCCCC2)cc1. The van der Waals surface area contributed by atoms with Crippen molar-refractivity contribution in [2.24, 2.45) is 0 Å². The van der Waals surface area contributed by atoms with Crippen LogP contribution < -0.4 is 14.8 Å². The standard InChI is InChI=1S/C21H26N2O4S/c1-22-21(24)19-14-17(27-2)10-13-20(19)23-28(25,26)18-11-8-16(9-12-18)15-6-4-3-5-7-15/h8-15,23H,3-7H2,1-2H3,(H,22,24). The van der Waals surface area contributed by atoms with Crippen molar-refractivity contribution in [1.29, 1.82) is 0 Å². The fourth-order valence-electron chi connectivity index (χ4n) is 3.62. The summed E-state index contributed by atoms with van der Waals surface area (Å²) in [4.78, 5) is 12.3. The number of benzene rings is 2. The third kappa shape index (κ3) is 4.47. The second kappa shape index (κ2) is 8.65. The van der Waals surface area contributed by atoms with Gasteiger partial charge in [-0.2, -0.15) is 0 Å². The minimum Gasteiger partial charge on any atom is -0.497 e. The maximum absolute atomic E-state index is 12.8. The number of methoxy groups -OCH3 is 1. The van der Waals surface area contributed by atoms with Gasteiger partial charge in [0.05, 0.1) is 23.3 Å². The fourth-order valence-corrected chi connectivity index (χ4v) is 4.70. The number of ether oxygens (including phenoxy) is 1. The third-order valence-electron chi connectivity index (χ3n) is 5.21. The molecule has 1 amide bonds. The maximum Gasteiger partial charge on any atom is 0.261 e. The first kappa shape index (κ1) is 20.2. The number of nitrogens with one attached hydrogen (secondary N) is 2. The van der Waals surface area contributed by atoms with Crippen LogP contribution in [0.2, 0.25) is 0 Å². The molecule has 0 aliphatic heterocycles. The van der Waals surface area contributed by atoms with Gasteiger partial charge in [-0.25, -0.2) is 8.42 Å². The molecule has 0 radical (unpaired) electrons. The van der Waals surface area contributed by atoms with Crippen LogP contribution >= 0.6 is 0 Å². The third-order valence-corrected chi connectivity index (χ3v) is 6.59. The normalized spacial score (nSPS) is 15.1. The quantitative estimate of drug-likeness (QED) is 0.767. The zero-order chi connectivity index (χ0) is 20.1. The van der Waals surface area contributed by atoms with Gasteiger partial charge < -0.3 is 10.1 Å². The fraction of sp³-hybridized carbons (Fsp3) is 0.381. The van der Waals surface area contributed by atoms with Crippen molar-refractivity contribution in [1.82, 2.24) is 5.32 Å². The Morgan fingerprint density at radius 2 is 1.71 bits per heavy atom. The van der Waals surface area contributed by atoms with Gasteiger partial charge in [0.2, 0.25) is 0 Å². The topological polar surface area (TPSA) is 84.5 Å². The van der Waals surface area contributed by atoms with E-state index < -0.39 is 15.9 Å². The van der Waals surface area contributed by atoms with Crippen molar-refractivity contribution in [2.75, 3.05) is 18.9 Å². The van der Waals surface area contributed by atoms with E-state index in [9.17, 15) is 13.2 Å². The largest absolute Gasteiger partial charge is 0.497 e. The lowest BCUT2D eigenvalue weighted by molar-refractivity contribution is 0.0963. The van der Waals surface area contributed by atoms with E-state index in [0.717, 1.165) is 12.8 Å². The van der Waals surface area contributed by atoms with Crippen LogP contribution in [0.25, 0.3) is 0 Å². The van der Waals surface area contributed by atoms with E-state index in [4.69, 9.17) is 4.74 Å². The maximum atomic E-state index is 12.8. The van der Waals surface area contributed by atoms with E-state index in [-0.39, 0.29) is 16.1 Å². The Kier molecular flexibility index (Phi) is 6.24. The first-order chi connectivity index (χ1) is 13.4. The molecule has 1 aliphatic carbocycles.